The molecule has 1 fully saturated rings. The van der Waals surface area contributed by atoms with E-state index >= 15 is 0 Å². The van der Waals surface area contributed by atoms with Gasteiger partial charge in [-0.1, -0.05) is 0 Å². The lowest BCUT2D eigenvalue weighted by atomic mass is 9.99. The zero-order valence-corrected chi connectivity index (χ0v) is 8.96. The van der Waals surface area contributed by atoms with Gasteiger partial charge >= 0.3 is 0 Å². The zero-order valence-electron chi connectivity index (χ0n) is 8.15. The molecular weight excluding hydrogens is 194 g/mol. The second-order valence-corrected chi connectivity index (χ2v) is 5.24. The third-order valence-electron chi connectivity index (χ3n) is 2.66. The average Bonchev–Trinajstić information content (AvgIpc) is 2.69. The predicted octanol–water partition coefficient (Wildman–Crippen LogP) is 1.24. The summed E-state index contributed by atoms with van der Waals surface area (Å²) in [7, 11) is 0. The van der Waals surface area contributed by atoms with Crippen LogP contribution >= 0.6 is 11.8 Å². The second-order valence-electron chi connectivity index (χ2n) is 3.68. The molecule has 2 heterocycles. The first-order valence-corrected chi connectivity index (χ1v) is 5.93. The van der Waals surface area contributed by atoms with Crippen LogP contribution in [0.15, 0.2) is 18.5 Å². The number of rotatable bonds is 3. The summed E-state index contributed by atoms with van der Waals surface area (Å²) in [4.78, 5) is 8.51. The van der Waals surface area contributed by atoms with Crippen LogP contribution in [0.1, 0.15) is 18.7 Å². The molecule has 0 radical (unpaired) electrons. The fraction of sp³-hybridized carbons (Fsp3) is 0.600. The van der Waals surface area contributed by atoms with Gasteiger partial charge in [0.05, 0.1) is 0 Å². The molecule has 14 heavy (non-hydrogen) atoms. The molecule has 1 aliphatic heterocycles. The van der Waals surface area contributed by atoms with Crippen molar-refractivity contribution in [3.8, 4) is 0 Å². The van der Waals surface area contributed by atoms with Crippen LogP contribution in [-0.2, 0) is 6.42 Å². The predicted molar refractivity (Wildman–Crippen MR) is 59.2 cm³/mol. The summed E-state index contributed by atoms with van der Waals surface area (Å²) in [6, 6.07) is 1.85. The molecule has 3 nitrogen and oxygen atoms in total. The van der Waals surface area contributed by atoms with Crippen LogP contribution in [0.4, 0.5) is 0 Å². The Labute approximate surface area is 88.5 Å². The number of hydrogen-bond acceptors (Lipinski definition) is 4. The summed E-state index contributed by atoms with van der Waals surface area (Å²) in [5, 5.41) is 0. The van der Waals surface area contributed by atoms with Gasteiger partial charge in [0.2, 0.25) is 0 Å². The molecule has 1 aromatic heterocycles. The largest absolute Gasteiger partial charge is 0.329 e. The minimum Gasteiger partial charge on any atom is -0.329 e. The Bertz CT molecular complexity index is 283. The highest BCUT2D eigenvalue weighted by Crippen LogP contribution is 2.39. The van der Waals surface area contributed by atoms with Crippen molar-refractivity contribution in [2.24, 2.45) is 5.73 Å². The maximum absolute atomic E-state index is 5.84. The lowest BCUT2D eigenvalue weighted by Gasteiger charge is -2.24. The first-order valence-electron chi connectivity index (χ1n) is 4.95. The van der Waals surface area contributed by atoms with Crippen molar-refractivity contribution in [2.75, 3.05) is 12.3 Å². The molecule has 0 amide bonds. The fourth-order valence-electron chi connectivity index (χ4n) is 1.84. The van der Waals surface area contributed by atoms with Crippen LogP contribution in [0.5, 0.6) is 0 Å². The first kappa shape index (κ1) is 9.93. The van der Waals surface area contributed by atoms with Crippen molar-refractivity contribution in [2.45, 2.75) is 24.0 Å². The van der Waals surface area contributed by atoms with Gasteiger partial charge in [0.1, 0.15) is 5.82 Å². The molecule has 4 heteroatoms. The number of aromatic nitrogens is 2. The molecule has 0 aliphatic carbocycles. The zero-order chi connectivity index (χ0) is 9.86. The lowest BCUT2D eigenvalue weighted by Crippen LogP contribution is -2.34. The van der Waals surface area contributed by atoms with Crippen LogP contribution in [0.25, 0.3) is 0 Å². The van der Waals surface area contributed by atoms with E-state index in [1.165, 1.54) is 18.6 Å². The summed E-state index contributed by atoms with van der Waals surface area (Å²) >= 11 is 1.98. The van der Waals surface area contributed by atoms with E-state index < -0.39 is 0 Å². The Hall–Kier alpha value is -0.610. The van der Waals surface area contributed by atoms with Gasteiger partial charge in [0, 0.05) is 30.1 Å². The summed E-state index contributed by atoms with van der Waals surface area (Å²) < 4.78 is 0.210. The number of nitrogens with two attached hydrogens (primary N) is 1. The van der Waals surface area contributed by atoms with Crippen LogP contribution in [0, 0.1) is 0 Å². The van der Waals surface area contributed by atoms with Crippen molar-refractivity contribution < 1.29 is 0 Å². The van der Waals surface area contributed by atoms with Crippen LogP contribution in [0.2, 0.25) is 0 Å². The molecule has 1 atom stereocenters. The van der Waals surface area contributed by atoms with Gasteiger partial charge in [-0.25, -0.2) is 9.97 Å². The summed E-state index contributed by atoms with van der Waals surface area (Å²) in [6.07, 6.45) is 6.98. The van der Waals surface area contributed by atoms with Gasteiger partial charge in [-0.3, -0.25) is 0 Å². The molecular formula is C10H15N3S. The molecule has 1 unspecified atom stereocenters. The molecule has 0 saturated carbocycles. The third-order valence-corrected chi connectivity index (χ3v) is 4.28. The van der Waals surface area contributed by atoms with Crippen molar-refractivity contribution in [3.63, 3.8) is 0 Å². The average molecular weight is 209 g/mol. The highest BCUT2D eigenvalue weighted by Gasteiger charge is 2.34. The van der Waals surface area contributed by atoms with E-state index in [1.807, 2.05) is 17.8 Å². The Balaban J connectivity index is 2.08. The minimum atomic E-state index is 0.210. The molecule has 0 bridgehead atoms. The second kappa shape index (κ2) is 4.28. The smallest absolute Gasteiger partial charge is 0.129 e. The molecule has 1 aromatic rings. The monoisotopic (exact) mass is 209 g/mol. The summed E-state index contributed by atoms with van der Waals surface area (Å²) in [6.45, 7) is 0.732. The topological polar surface area (TPSA) is 51.8 Å². The summed E-state index contributed by atoms with van der Waals surface area (Å²) in [5.74, 6) is 2.15. The van der Waals surface area contributed by atoms with Gasteiger partial charge in [0.25, 0.3) is 0 Å². The lowest BCUT2D eigenvalue weighted by molar-refractivity contribution is 0.550. The number of nitrogens with zero attached hydrogens (tertiary/aromatic N) is 2. The van der Waals surface area contributed by atoms with E-state index in [4.69, 9.17) is 5.73 Å². The van der Waals surface area contributed by atoms with E-state index in [0.29, 0.717) is 0 Å². The van der Waals surface area contributed by atoms with Gasteiger partial charge in [-0.15, -0.1) is 0 Å². The van der Waals surface area contributed by atoms with Gasteiger partial charge in [-0.05, 0) is 24.7 Å². The maximum Gasteiger partial charge on any atom is 0.129 e. The summed E-state index contributed by atoms with van der Waals surface area (Å²) in [5.41, 5.74) is 5.84. The molecule has 0 aromatic carbocycles. The van der Waals surface area contributed by atoms with E-state index in [1.54, 1.807) is 12.4 Å². The fourth-order valence-corrected chi connectivity index (χ4v) is 3.20. The van der Waals surface area contributed by atoms with Crippen LogP contribution < -0.4 is 5.73 Å². The number of hydrogen-bond donors (Lipinski definition) is 1. The number of thioether (sulfide) groups is 1. The Morgan fingerprint density at radius 2 is 2.21 bits per heavy atom. The Morgan fingerprint density at radius 3 is 2.79 bits per heavy atom. The van der Waals surface area contributed by atoms with Crippen molar-refractivity contribution in [3.05, 3.63) is 24.3 Å². The normalized spacial score (nSPS) is 26.6. The Morgan fingerprint density at radius 1 is 1.43 bits per heavy atom. The first-order chi connectivity index (χ1) is 6.85. The minimum absolute atomic E-state index is 0.210. The third kappa shape index (κ3) is 2.07. The highest BCUT2D eigenvalue weighted by atomic mass is 32.2. The van der Waals surface area contributed by atoms with Crippen molar-refractivity contribution >= 4 is 11.8 Å². The highest BCUT2D eigenvalue weighted by molar-refractivity contribution is 8.00. The maximum atomic E-state index is 5.84. The molecule has 1 aliphatic rings. The van der Waals surface area contributed by atoms with E-state index in [-0.39, 0.29) is 4.75 Å². The van der Waals surface area contributed by atoms with Crippen LogP contribution in [0.3, 0.4) is 0 Å². The SMILES string of the molecule is NCC1(Cc2ncccn2)CCCS1. The van der Waals surface area contributed by atoms with E-state index in [2.05, 4.69) is 9.97 Å². The molecule has 2 N–H and O–H groups in total. The quantitative estimate of drug-likeness (QED) is 0.814. The van der Waals surface area contributed by atoms with Gasteiger partial charge in [0.15, 0.2) is 0 Å². The molecule has 76 valence electrons. The van der Waals surface area contributed by atoms with Crippen LogP contribution in [-0.4, -0.2) is 27.0 Å². The van der Waals surface area contributed by atoms with Crippen molar-refractivity contribution in [1.29, 1.82) is 0 Å². The van der Waals surface area contributed by atoms with Gasteiger partial charge < -0.3 is 5.73 Å². The standard InChI is InChI=1S/C10H15N3S/c11-8-10(3-1-6-14-10)7-9-12-4-2-5-13-9/h2,4-5H,1,3,6-8,11H2. The van der Waals surface area contributed by atoms with E-state index in [0.717, 1.165) is 18.8 Å². The van der Waals surface area contributed by atoms with Gasteiger partial charge in [-0.2, -0.15) is 11.8 Å². The molecule has 2 rings (SSSR count). The van der Waals surface area contributed by atoms with Crippen molar-refractivity contribution in [1.82, 2.24) is 9.97 Å². The van der Waals surface area contributed by atoms with E-state index in [9.17, 15) is 0 Å². The molecule has 1 saturated heterocycles. The Kier molecular flexibility index (Phi) is 3.03. The molecule has 0 spiro atoms.